The van der Waals surface area contributed by atoms with Gasteiger partial charge < -0.3 is 10.4 Å². The molecular formula is C15H12ClF2NO2. The van der Waals surface area contributed by atoms with Crippen molar-refractivity contribution in [2.45, 2.75) is 13.2 Å². The average Bonchev–Trinajstić information content (AvgIpc) is 2.48. The van der Waals surface area contributed by atoms with E-state index in [2.05, 4.69) is 5.32 Å². The molecule has 21 heavy (non-hydrogen) atoms. The van der Waals surface area contributed by atoms with Gasteiger partial charge in [-0.25, -0.2) is 8.78 Å². The van der Waals surface area contributed by atoms with Crippen molar-refractivity contribution >= 4 is 17.5 Å². The molecule has 0 heterocycles. The van der Waals surface area contributed by atoms with E-state index in [1.54, 1.807) is 0 Å². The molecule has 0 aliphatic rings. The van der Waals surface area contributed by atoms with Crippen LogP contribution < -0.4 is 5.32 Å². The molecule has 2 rings (SSSR count). The molecule has 0 atom stereocenters. The van der Waals surface area contributed by atoms with Gasteiger partial charge in [0.25, 0.3) is 5.91 Å². The Balaban J connectivity index is 2.09. The van der Waals surface area contributed by atoms with Gasteiger partial charge in [-0.05, 0) is 35.9 Å². The summed E-state index contributed by atoms with van der Waals surface area (Å²) in [6, 6.07) is 7.80. The summed E-state index contributed by atoms with van der Waals surface area (Å²) in [6.45, 7) is -0.353. The number of amides is 1. The maximum absolute atomic E-state index is 13.5. The van der Waals surface area contributed by atoms with Crippen LogP contribution in [0.25, 0.3) is 0 Å². The van der Waals surface area contributed by atoms with Crippen molar-refractivity contribution in [1.82, 2.24) is 5.32 Å². The highest BCUT2D eigenvalue weighted by Crippen LogP contribution is 2.15. The fourth-order valence-electron chi connectivity index (χ4n) is 1.81. The van der Waals surface area contributed by atoms with Gasteiger partial charge in [-0.2, -0.15) is 0 Å². The number of halogens is 3. The zero-order chi connectivity index (χ0) is 15.4. The van der Waals surface area contributed by atoms with Crippen molar-refractivity contribution in [3.63, 3.8) is 0 Å². The molecule has 0 spiro atoms. The molecule has 0 aromatic heterocycles. The molecule has 110 valence electrons. The molecule has 0 aliphatic heterocycles. The van der Waals surface area contributed by atoms with Gasteiger partial charge >= 0.3 is 0 Å². The van der Waals surface area contributed by atoms with Gasteiger partial charge in [-0.1, -0.05) is 17.7 Å². The quantitative estimate of drug-likeness (QED) is 0.912. The van der Waals surface area contributed by atoms with E-state index in [9.17, 15) is 13.6 Å². The molecule has 0 unspecified atom stereocenters. The van der Waals surface area contributed by atoms with E-state index in [4.69, 9.17) is 16.7 Å². The Morgan fingerprint density at radius 1 is 1.14 bits per heavy atom. The predicted octanol–water partition coefficient (Wildman–Crippen LogP) is 3.04. The van der Waals surface area contributed by atoms with Crippen molar-refractivity contribution in [3.05, 3.63) is 69.7 Å². The first kappa shape index (κ1) is 15.4. The van der Waals surface area contributed by atoms with Gasteiger partial charge in [0.1, 0.15) is 11.6 Å². The minimum Gasteiger partial charge on any atom is -0.392 e. The summed E-state index contributed by atoms with van der Waals surface area (Å²) in [6.07, 6.45) is 0. The molecule has 2 N–H and O–H groups in total. The maximum Gasteiger partial charge on any atom is 0.254 e. The zero-order valence-corrected chi connectivity index (χ0v) is 11.6. The number of carbonyl (C=O) groups is 1. The van der Waals surface area contributed by atoms with Crippen molar-refractivity contribution < 1.29 is 18.7 Å². The van der Waals surface area contributed by atoms with Crippen LogP contribution in [-0.2, 0) is 13.2 Å². The summed E-state index contributed by atoms with van der Waals surface area (Å²) in [5, 5.41) is 11.7. The summed E-state index contributed by atoms with van der Waals surface area (Å²) in [5.41, 5.74) is 0.568. The smallest absolute Gasteiger partial charge is 0.254 e. The van der Waals surface area contributed by atoms with E-state index in [0.29, 0.717) is 5.56 Å². The number of aliphatic hydroxyl groups is 1. The number of rotatable bonds is 4. The van der Waals surface area contributed by atoms with Crippen molar-refractivity contribution in [2.24, 2.45) is 0 Å². The standard InChI is InChI=1S/C15H12ClF2NO2/c16-11-2-4-14(18)12(6-11)15(21)19-7-9-1-3-13(17)10(5-9)8-20/h1-6,20H,7-8H2,(H,19,21). The van der Waals surface area contributed by atoms with E-state index >= 15 is 0 Å². The SMILES string of the molecule is O=C(NCc1ccc(F)c(CO)c1)c1cc(Cl)ccc1F. The monoisotopic (exact) mass is 311 g/mol. The summed E-state index contributed by atoms with van der Waals surface area (Å²) < 4.78 is 26.7. The van der Waals surface area contributed by atoms with Crippen LogP contribution in [-0.4, -0.2) is 11.0 Å². The minimum absolute atomic E-state index is 0.0814. The lowest BCUT2D eigenvalue weighted by molar-refractivity contribution is 0.0947. The topological polar surface area (TPSA) is 49.3 Å². The molecule has 0 saturated carbocycles. The maximum atomic E-state index is 13.5. The lowest BCUT2D eigenvalue weighted by Gasteiger charge is -2.08. The Kier molecular flexibility index (Phi) is 4.88. The summed E-state index contributed by atoms with van der Waals surface area (Å²) in [4.78, 5) is 11.9. The van der Waals surface area contributed by atoms with Crippen LogP contribution >= 0.6 is 11.6 Å². The Morgan fingerprint density at radius 2 is 1.86 bits per heavy atom. The average molecular weight is 312 g/mol. The third-order valence-electron chi connectivity index (χ3n) is 2.91. The zero-order valence-electron chi connectivity index (χ0n) is 10.9. The Labute approximate surface area is 125 Å². The van der Waals surface area contributed by atoms with Gasteiger partial charge in [-0.3, -0.25) is 4.79 Å². The summed E-state index contributed by atoms with van der Waals surface area (Å²) >= 11 is 5.72. The second-order valence-electron chi connectivity index (χ2n) is 4.39. The van der Waals surface area contributed by atoms with Gasteiger partial charge in [0.05, 0.1) is 12.2 Å². The fourth-order valence-corrected chi connectivity index (χ4v) is 1.98. The second kappa shape index (κ2) is 6.65. The molecule has 0 aliphatic carbocycles. The summed E-state index contributed by atoms with van der Waals surface area (Å²) in [5.74, 6) is -1.81. The van der Waals surface area contributed by atoms with E-state index in [0.717, 1.165) is 6.07 Å². The molecule has 0 radical (unpaired) electrons. The fraction of sp³-hybridized carbons (Fsp3) is 0.133. The van der Waals surface area contributed by atoms with E-state index in [1.807, 2.05) is 0 Å². The molecule has 0 bridgehead atoms. The lowest BCUT2D eigenvalue weighted by atomic mass is 10.1. The van der Waals surface area contributed by atoms with Gasteiger partial charge in [0.15, 0.2) is 0 Å². The normalized spacial score (nSPS) is 10.5. The van der Waals surface area contributed by atoms with Crippen LogP contribution in [0.2, 0.25) is 5.02 Å². The van der Waals surface area contributed by atoms with Crippen LogP contribution in [0.5, 0.6) is 0 Å². The van der Waals surface area contributed by atoms with Gasteiger partial charge in [-0.15, -0.1) is 0 Å². The highest BCUT2D eigenvalue weighted by molar-refractivity contribution is 6.30. The van der Waals surface area contributed by atoms with Crippen LogP contribution in [0.15, 0.2) is 36.4 Å². The first-order valence-electron chi connectivity index (χ1n) is 6.12. The number of carbonyl (C=O) groups excluding carboxylic acids is 1. The van der Waals surface area contributed by atoms with Crippen LogP contribution in [0.4, 0.5) is 8.78 Å². The molecule has 0 fully saturated rings. The number of hydrogen-bond donors (Lipinski definition) is 2. The van der Waals surface area contributed by atoms with Crippen molar-refractivity contribution in [3.8, 4) is 0 Å². The van der Waals surface area contributed by atoms with Gasteiger partial charge in [0, 0.05) is 17.1 Å². The van der Waals surface area contributed by atoms with Crippen molar-refractivity contribution in [1.29, 1.82) is 0 Å². The summed E-state index contributed by atoms with van der Waals surface area (Å²) in [7, 11) is 0. The molecule has 6 heteroatoms. The van der Waals surface area contributed by atoms with Crippen molar-refractivity contribution in [2.75, 3.05) is 0 Å². The molecule has 3 nitrogen and oxygen atoms in total. The molecule has 2 aromatic carbocycles. The van der Waals surface area contributed by atoms with E-state index in [1.165, 1.54) is 30.3 Å². The largest absolute Gasteiger partial charge is 0.392 e. The predicted molar refractivity (Wildman–Crippen MR) is 74.9 cm³/mol. The highest BCUT2D eigenvalue weighted by Gasteiger charge is 2.12. The number of hydrogen-bond acceptors (Lipinski definition) is 2. The molecule has 1 amide bonds. The second-order valence-corrected chi connectivity index (χ2v) is 4.83. The van der Waals surface area contributed by atoms with E-state index in [-0.39, 0.29) is 22.7 Å². The molecule has 0 saturated heterocycles. The Bertz CT molecular complexity index is 677. The minimum atomic E-state index is -0.674. The molecular weight excluding hydrogens is 300 g/mol. The van der Waals surface area contributed by atoms with Crippen LogP contribution in [0.3, 0.4) is 0 Å². The number of aliphatic hydroxyl groups excluding tert-OH is 1. The third kappa shape index (κ3) is 3.77. The highest BCUT2D eigenvalue weighted by atomic mass is 35.5. The number of benzene rings is 2. The lowest BCUT2D eigenvalue weighted by Crippen LogP contribution is -2.24. The van der Waals surface area contributed by atoms with Gasteiger partial charge in [0.2, 0.25) is 0 Å². The van der Waals surface area contributed by atoms with Crippen LogP contribution in [0.1, 0.15) is 21.5 Å². The Morgan fingerprint density at radius 3 is 2.57 bits per heavy atom. The number of nitrogens with one attached hydrogen (secondary N) is 1. The first-order valence-corrected chi connectivity index (χ1v) is 6.50. The van der Waals surface area contributed by atoms with Crippen LogP contribution in [0, 0.1) is 11.6 Å². The van der Waals surface area contributed by atoms with E-state index < -0.39 is 24.1 Å². The first-order chi connectivity index (χ1) is 10.0. The molecule has 2 aromatic rings. The Hall–Kier alpha value is -1.98. The third-order valence-corrected chi connectivity index (χ3v) is 3.14.